The number of aromatic nitrogens is 2. The minimum atomic E-state index is -0.226. The quantitative estimate of drug-likeness (QED) is 0.773. The number of anilines is 1. The minimum Gasteiger partial charge on any atom is -0.398 e. The monoisotopic (exact) mass is 206 g/mol. The molecule has 0 radical (unpaired) electrons. The van der Waals surface area contributed by atoms with Gasteiger partial charge in [0.1, 0.15) is 0 Å². The largest absolute Gasteiger partial charge is 0.398 e. The number of nitrogen functional groups attached to an aromatic ring is 1. The van der Waals surface area contributed by atoms with E-state index >= 15 is 0 Å². The Morgan fingerprint density at radius 2 is 2.14 bits per heavy atom. The van der Waals surface area contributed by atoms with E-state index in [1.807, 2.05) is 0 Å². The highest BCUT2D eigenvalue weighted by molar-refractivity contribution is 7.09. The summed E-state index contributed by atoms with van der Waals surface area (Å²) in [6.07, 6.45) is 5.10. The smallest absolute Gasteiger partial charge is 0.0794 e. The van der Waals surface area contributed by atoms with Crippen LogP contribution in [0.5, 0.6) is 0 Å². The van der Waals surface area contributed by atoms with Crippen LogP contribution in [0.15, 0.2) is 30.2 Å². The highest BCUT2D eigenvalue weighted by Gasteiger charge is 2.12. The number of hydrogen-bond donors (Lipinski definition) is 2. The molecule has 0 aliphatic carbocycles. The van der Waals surface area contributed by atoms with Crippen LogP contribution in [0.25, 0.3) is 0 Å². The van der Waals surface area contributed by atoms with E-state index in [1.165, 1.54) is 11.3 Å². The molecule has 4 N–H and O–H groups in total. The Balaban J connectivity index is 2.37. The summed E-state index contributed by atoms with van der Waals surface area (Å²) >= 11 is 1.52. The summed E-state index contributed by atoms with van der Waals surface area (Å²) in [6, 6.07) is 1.52. The summed E-state index contributed by atoms with van der Waals surface area (Å²) < 4.78 is 0. The predicted molar refractivity (Wildman–Crippen MR) is 56.8 cm³/mol. The molecule has 0 aliphatic rings. The van der Waals surface area contributed by atoms with Gasteiger partial charge in [0.2, 0.25) is 0 Å². The van der Waals surface area contributed by atoms with Crippen LogP contribution in [0.3, 0.4) is 0 Å². The summed E-state index contributed by atoms with van der Waals surface area (Å²) in [7, 11) is 0. The predicted octanol–water partition coefficient (Wildman–Crippen LogP) is 1.17. The second-order valence-corrected chi connectivity index (χ2v) is 3.80. The van der Waals surface area contributed by atoms with E-state index in [-0.39, 0.29) is 6.04 Å². The van der Waals surface area contributed by atoms with Crippen LogP contribution in [0.4, 0.5) is 5.69 Å². The van der Waals surface area contributed by atoms with Crippen molar-refractivity contribution in [2.45, 2.75) is 6.04 Å². The van der Waals surface area contributed by atoms with Gasteiger partial charge in [0.25, 0.3) is 0 Å². The van der Waals surface area contributed by atoms with Crippen LogP contribution in [0.2, 0.25) is 0 Å². The lowest BCUT2D eigenvalue weighted by molar-refractivity contribution is 0.884. The van der Waals surface area contributed by atoms with E-state index in [0.717, 1.165) is 10.4 Å². The zero-order valence-corrected chi connectivity index (χ0v) is 8.24. The molecule has 72 valence electrons. The van der Waals surface area contributed by atoms with Gasteiger partial charge >= 0.3 is 0 Å². The van der Waals surface area contributed by atoms with Crippen molar-refractivity contribution < 1.29 is 0 Å². The Bertz CT molecular complexity index is 413. The van der Waals surface area contributed by atoms with Gasteiger partial charge in [-0.15, -0.1) is 11.3 Å². The Kier molecular flexibility index (Phi) is 2.43. The number of rotatable bonds is 2. The number of thiazole rings is 1. The van der Waals surface area contributed by atoms with E-state index < -0.39 is 0 Å². The summed E-state index contributed by atoms with van der Waals surface area (Å²) in [6.45, 7) is 0. The Labute approximate surface area is 85.6 Å². The molecule has 0 saturated heterocycles. The van der Waals surface area contributed by atoms with Gasteiger partial charge in [-0.2, -0.15) is 0 Å². The lowest BCUT2D eigenvalue weighted by Gasteiger charge is -2.10. The molecule has 0 aromatic carbocycles. The van der Waals surface area contributed by atoms with Gasteiger partial charge in [-0.25, -0.2) is 0 Å². The molecule has 1 unspecified atom stereocenters. The molecule has 0 bridgehead atoms. The molecule has 14 heavy (non-hydrogen) atoms. The standard InChI is InChI=1S/C9H10N4S/c10-7-1-2-12-3-6(7)9(11)8-4-13-5-14-8/h1-5,9H,11H2,(H2,10,12). The Morgan fingerprint density at radius 3 is 2.79 bits per heavy atom. The lowest BCUT2D eigenvalue weighted by Crippen LogP contribution is -2.12. The summed E-state index contributed by atoms with van der Waals surface area (Å²) in [5.41, 5.74) is 15.1. The SMILES string of the molecule is Nc1ccncc1C(N)c1cncs1. The molecule has 2 aromatic heterocycles. The number of hydrogen-bond acceptors (Lipinski definition) is 5. The molecule has 4 nitrogen and oxygen atoms in total. The number of nitrogens with two attached hydrogens (primary N) is 2. The van der Waals surface area contributed by atoms with Crippen molar-refractivity contribution in [1.82, 2.24) is 9.97 Å². The molecule has 0 fully saturated rings. The minimum absolute atomic E-state index is 0.226. The molecule has 0 aliphatic heterocycles. The van der Waals surface area contributed by atoms with Gasteiger partial charge in [-0.1, -0.05) is 0 Å². The first-order chi connectivity index (χ1) is 6.79. The Hall–Kier alpha value is -1.46. The van der Waals surface area contributed by atoms with Crippen molar-refractivity contribution >= 4 is 17.0 Å². The van der Waals surface area contributed by atoms with Crippen LogP contribution in [-0.2, 0) is 0 Å². The fourth-order valence-corrected chi connectivity index (χ4v) is 1.85. The zero-order valence-electron chi connectivity index (χ0n) is 7.42. The molecule has 0 saturated carbocycles. The first-order valence-electron chi connectivity index (χ1n) is 4.12. The van der Waals surface area contributed by atoms with Gasteiger partial charge in [0.15, 0.2) is 0 Å². The third-order valence-corrected chi connectivity index (χ3v) is 2.84. The van der Waals surface area contributed by atoms with Gasteiger partial charge in [0.05, 0.1) is 11.6 Å². The van der Waals surface area contributed by atoms with Gasteiger partial charge in [0, 0.05) is 34.7 Å². The van der Waals surface area contributed by atoms with Crippen molar-refractivity contribution in [1.29, 1.82) is 0 Å². The number of nitrogens with zero attached hydrogens (tertiary/aromatic N) is 2. The topological polar surface area (TPSA) is 77.8 Å². The Morgan fingerprint density at radius 1 is 1.29 bits per heavy atom. The lowest BCUT2D eigenvalue weighted by atomic mass is 10.1. The van der Waals surface area contributed by atoms with Crippen LogP contribution >= 0.6 is 11.3 Å². The molecule has 5 heteroatoms. The molecule has 2 aromatic rings. The maximum atomic E-state index is 6.01. The van der Waals surface area contributed by atoms with E-state index in [1.54, 1.807) is 30.2 Å². The summed E-state index contributed by atoms with van der Waals surface area (Å²) in [4.78, 5) is 8.97. The van der Waals surface area contributed by atoms with Crippen molar-refractivity contribution in [3.05, 3.63) is 40.6 Å². The van der Waals surface area contributed by atoms with Crippen molar-refractivity contribution in [2.24, 2.45) is 5.73 Å². The number of pyridine rings is 1. The van der Waals surface area contributed by atoms with Gasteiger partial charge < -0.3 is 11.5 Å². The second kappa shape index (κ2) is 3.73. The second-order valence-electron chi connectivity index (χ2n) is 2.89. The average Bonchev–Trinajstić information content (AvgIpc) is 2.70. The van der Waals surface area contributed by atoms with Gasteiger partial charge in [-0.05, 0) is 6.07 Å². The maximum absolute atomic E-state index is 6.01. The van der Waals surface area contributed by atoms with Gasteiger partial charge in [-0.3, -0.25) is 9.97 Å². The molecular formula is C9H10N4S. The van der Waals surface area contributed by atoms with Crippen LogP contribution in [-0.4, -0.2) is 9.97 Å². The van der Waals surface area contributed by atoms with E-state index in [4.69, 9.17) is 11.5 Å². The van der Waals surface area contributed by atoms with Crippen molar-refractivity contribution in [3.63, 3.8) is 0 Å². The average molecular weight is 206 g/mol. The summed E-state index contributed by atoms with van der Waals surface area (Å²) in [5, 5.41) is 0. The highest BCUT2D eigenvalue weighted by atomic mass is 32.1. The van der Waals surface area contributed by atoms with Crippen molar-refractivity contribution in [2.75, 3.05) is 5.73 Å². The van der Waals surface area contributed by atoms with E-state index in [2.05, 4.69) is 9.97 Å². The van der Waals surface area contributed by atoms with E-state index in [0.29, 0.717) is 5.69 Å². The zero-order chi connectivity index (χ0) is 9.97. The first-order valence-corrected chi connectivity index (χ1v) is 5.00. The van der Waals surface area contributed by atoms with Crippen LogP contribution in [0, 0.1) is 0 Å². The third kappa shape index (κ3) is 1.59. The molecule has 2 heterocycles. The van der Waals surface area contributed by atoms with Crippen molar-refractivity contribution in [3.8, 4) is 0 Å². The maximum Gasteiger partial charge on any atom is 0.0794 e. The van der Waals surface area contributed by atoms with Crippen LogP contribution < -0.4 is 11.5 Å². The van der Waals surface area contributed by atoms with E-state index in [9.17, 15) is 0 Å². The fourth-order valence-electron chi connectivity index (χ4n) is 1.21. The van der Waals surface area contributed by atoms with Crippen LogP contribution in [0.1, 0.15) is 16.5 Å². The molecule has 1 atom stereocenters. The normalized spacial score (nSPS) is 12.6. The first kappa shape index (κ1) is 9.11. The third-order valence-electron chi connectivity index (χ3n) is 1.98. The highest BCUT2D eigenvalue weighted by Crippen LogP contribution is 2.25. The molecule has 2 rings (SSSR count). The summed E-state index contributed by atoms with van der Waals surface area (Å²) in [5.74, 6) is 0. The molecule has 0 amide bonds. The molecular weight excluding hydrogens is 196 g/mol. The molecule has 0 spiro atoms. The fraction of sp³-hybridized carbons (Fsp3) is 0.111.